The Labute approximate surface area is 205 Å². The van der Waals surface area contributed by atoms with Crippen LogP contribution in [0.25, 0.3) is 6.08 Å². The highest BCUT2D eigenvalue weighted by Crippen LogP contribution is 2.20. The third kappa shape index (κ3) is 8.23. The van der Waals surface area contributed by atoms with Gasteiger partial charge in [-0.25, -0.2) is 9.59 Å². The first-order chi connectivity index (χ1) is 16.9. The fourth-order valence-corrected chi connectivity index (χ4v) is 3.15. The van der Waals surface area contributed by atoms with Crippen LogP contribution in [-0.4, -0.2) is 18.5 Å². The second kappa shape index (κ2) is 12.8. The van der Waals surface area contributed by atoms with Crippen molar-refractivity contribution in [3.63, 3.8) is 0 Å². The lowest BCUT2D eigenvalue weighted by Gasteiger charge is -2.08. The zero-order chi connectivity index (χ0) is 25.0. The molecule has 0 aliphatic rings. The highest BCUT2D eigenvalue weighted by molar-refractivity contribution is 5.91. The summed E-state index contributed by atoms with van der Waals surface area (Å²) >= 11 is 0. The molecular formula is C28H30N2O5. The van der Waals surface area contributed by atoms with Crippen molar-refractivity contribution in [1.82, 2.24) is 0 Å². The summed E-state index contributed by atoms with van der Waals surface area (Å²) in [5.74, 6) is 0.192. The minimum Gasteiger partial charge on any atom is -0.494 e. The minimum absolute atomic E-state index is 0.0476. The second-order valence-electron chi connectivity index (χ2n) is 7.94. The fraction of sp³-hybridized carbons (Fsp3) is 0.214. The van der Waals surface area contributed by atoms with Crippen molar-refractivity contribution in [3.05, 3.63) is 89.5 Å². The van der Waals surface area contributed by atoms with Crippen LogP contribution < -0.4 is 20.9 Å². The molecule has 0 aliphatic heterocycles. The van der Waals surface area contributed by atoms with Gasteiger partial charge in [-0.1, -0.05) is 38.0 Å². The van der Waals surface area contributed by atoms with E-state index in [1.807, 2.05) is 0 Å². The number of carbonyl (C=O) groups is 2. The van der Waals surface area contributed by atoms with Gasteiger partial charge in [-0.15, -0.1) is 0 Å². The predicted octanol–water partition coefficient (Wildman–Crippen LogP) is 5.40. The molecule has 0 saturated carbocycles. The van der Waals surface area contributed by atoms with Crippen LogP contribution in [0.4, 0.5) is 11.4 Å². The number of ether oxygens (including phenoxy) is 3. The van der Waals surface area contributed by atoms with Crippen molar-refractivity contribution in [2.45, 2.75) is 32.8 Å². The summed E-state index contributed by atoms with van der Waals surface area (Å²) in [5, 5.41) is 0. The number of benzene rings is 3. The van der Waals surface area contributed by atoms with Crippen molar-refractivity contribution in [2.24, 2.45) is 0 Å². The normalized spacial score (nSPS) is 10.8. The van der Waals surface area contributed by atoms with Gasteiger partial charge in [0, 0.05) is 23.0 Å². The topological polar surface area (TPSA) is 114 Å². The van der Waals surface area contributed by atoms with Crippen molar-refractivity contribution in [2.75, 3.05) is 18.1 Å². The summed E-state index contributed by atoms with van der Waals surface area (Å²) in [6.07, 6.45) is 6.20. The Morgan fingerprint density at radius 1 is 0.886 bits per heavy atom. The van der Waals surface area contributed by atoms with Crippen LogP contribution in [0.2, 0.25) is 0 Å². The fourth-order valence-electron chi connectivity index (χ4n) is 3.15. The van der Waals surface area contributed by atoms with Crippen LogP contribution in [0.1, 0.15) is 47.7 Å². The van der Waals surface area contributed by atoms with E-state index in [1.54, 1.807) is 72.8 Å². The van der Waals surface area contributed by atoms with E-state index in [9.17, 15) is 9.59 Å². The molecule has 35 heavy (non-hydrogen) atoms. The summed E-state index contributed by atoms with van der Waals surface area (Å²) in [6, 6.07) is 18.7. The van der Waals surface area contributed by atoms with E-state index >= 15 is 0 Å². The highest BCUT2D eigenvalue weighted by atomic mass is 16.5. The Kier molecular flexibility index (Phi) is 9.31. The number of anilines is 2. The predicted molar refractivity (Wildman–Crippen MR) is 137 cm³/mol. The van der Waals surface area contributed by atoms with Gasteiger partial charge in [-0.2, -0.15) is 0 Å². The zero-order valence-corrected chi connectivity index (χ0v) is 19.7. The summed E-state index contributed by atoms with van der Waals surface area (Å²) < 4.78 is 16.3. The van der Waals surface area contributed by atoms with Gasteiger partial charge in [0.2, 0.25) is 0 Å². The Morgan fingerprint density at radius 2 is 1.60 bits per heavy atom. The van der Waals surface area contributed by atoms with Crippen LogP contribution in [0.3, 0.4) is 0 Å². The van der Waals surface area contributed by atoms with Crippen LogP contribution in [0.5, 0.6) is 11.5 Å². The molecule has 0 atom stereocenters. The lowest BCUT2D eigenvalue weighted by Crippen LogP contribution is -2.08. The van der Waals surface area contributed by atoms with Crippen LogP contribution in [0, 0.1) is 0 Å². The molecule has 0 fully saturated rings. The second-order valence-corrected chi connectivity index (χ2v) is 7.94. The van der Waals surface area contributed by atoms with Gasteiger partial charge in [0.25, 0.3) is 0 Å². The van der Waals surface area contributed by atoms with Crippen LogP contribution in [0.15, 0.2) is 72.8 Å². The average molecular weight is 475 g/mol. The molecule has 7 nitrogen and oxygen atoms in total. The molecule has 0 heterocycles. The Hall–Kier alpha value is -4.26. The van der Waals surface area contributed by atoms with Crippen LogP contribution in [-0.2, 0) is 16.1 Å². The maximum atomic E-state index is 12.4. The number of unbranched alkanes of at least 4 members (excludes halogenated alkanes) is 2. The van der Waals surface area contributed by atoms with E-state index in [1.165, 1.54) is 6.08 Å². The van der Waals surface area contributed by atoms with Gasteiger partial charge in [0.1, 0.15) is 18.1 Å². The molecule has 182 valence electrons. The number of carbonyl (C=O) groups excluding carboxylic acids is 2. The third-order valence-electron chi connectivity index (χ3n) is 5.15. The van der Waals surface area contributed by atoms with Gasteiger partial charge < -0.3 is 25.7 Å². The highest BCUT2D eigenvalue weighted by Gasteiger charge is 2.09. The number of nitrogens with two attached hydrogens (primary N) is 2. The van der Waals surface area contributed by atoms with Crippen molar-refractivity contribution < 1.29 is 23.8 Å². The maximum Gasteiger partial charge on any atom is 0.343 e. The smallest absolute Gasteiger partial charge is 0.343 e. The van der Waals surface area contributed by atoms with Crippen LogP contribution >= 0.6 is 0 Å². The lowest BCUT2D eigenvalue weighted by molar-refractivity contribution is -0.138. The average Bonchev–Trinajstić information content (AvgIpc) is 2.86. The molecule has 3 rings (SSSR count). The largest absolute Gasteiger partial charge is 0.494 e. The molecule has 3 aromatic carbocycles. The molecule has 0 saturated heterocycles. The van der Waals surface area contributed by atoms with E-state index in [0.29, 0.717) is 34.9 Å². The third-order valence-corrected chi connectivity index (χ3v) is 5.15. The van der Waals surface area contributed by atoms with Gasteiger partial charge in [0.15, 0.2) is 0 Å². The van der Waals surface area contributed by atoms with Gasteiger partial charge in [0.05, 0.1) is 12.2 Å². The monoisotopic (exact) mass is 474 g/mol. The quantitative estimate of drug-likeness (QED) is 0.126. The van der Waals surface area contributed by atoms with Crippen molar-refractivity contribution in [3.8, 4) is 11.5 Å². The number of hydrogen-bond acceptors (Lipinski definition) is 7. The first-order valence-electron chi connectivity index (χ1n) is 11.5. The summed E-state index contributed by atoms with van der Waals surface area (Å²) in [7, 11) is 0. The molecule has 3 aromatic rings. The van der Waals surface area contributed by atoms with E-state index in [-0.39, 0.29) is 6.61 Å². The SMILES string of the molecule is CCCCCOc1ccc(OC(=O)c2ccc(C=CC(=O)OCc3ccc(N)cc3N)cc2)cc1. The standard InChI is InChI=1S/C28H30N2O5/c1-2-3-4-17-33-24-12-14-25(15-13-24)35-28(32)21-8-5-20(6-9-21)7-16-27(31)34-19-22-10-11-23(29)18-26(22)30/h5-16,18H,2-4,17,19,29-30H2,1H3. The molecule has 0 amide bonds. The molecule has 0 radical (unpaired) electrons. The molecule has 0 spiro atoms. The first-order valence-corrected chi connectivity index (χ1v) is 11.5. The van der Waals surface area contributed by atoms with Crippen molar-refractivity contribution in [1.29, 1.82) is 0 Å². The molecule has 4 N–H and O–H groups in total. The summed E-state index contributed by atoms with van der Waals surface area (Å²) in [4.78, 5) is 24.4. The maximum absolute atomic E-state index is 12.4. The van der Waals surface area contributed by atoms with Crippen molar-refractivity contribution >= 4 is 29.4 Å². The van der Waals surface area contributed by atoms with Gasteiger partial charge >= 0.3 is 11.9 Å². The van der Waals surface area contributed by atoms with Gasteiger partial charge in [-0.05, 0) is 66.6 Å². The Bertz CT molecular complexity index is 1150. The first kappa shape index (κ1) is 25.4. The summed E-state index contributed by atoms with van der Waals surface area (Å²) in [5.41, 5.74) is 14.3. The molecule has 0 unspecified atom stereocenters. The minimum atomic E-state index is -0.512. The van der Waals surface area contributed by atoms with E-state index in [0.717, 1.165) is 30.6 Å². The molecule has 7 heteroatoms. The molecule has 0 bridgehead atoms. The number of hydrogen-bond donors (Lipinski definition) is 2. The number of rotatable bonds is 11. The zero-order valence-electron chi connectivity index (χ0n) is 19.7. The summed E-state index contributed by atoms with van der Waals surface area (Å²) in [6.45, 7) is 2.86. The van der Waals surface area contributed by atoms with E-state index in [2.05, 4.69) is 6.92 Å². The van der Waals surface area contributed by atoms with E-state index in [4.69, 9.17) is 25.7 Å². The molecule has 0 aromatic heterocycles. The molecular weight excluding hydrogens is 444 g/mol. The van der Waals surface area contributed by atoms with Gasteiger partial charge in [-0.3, -0.25) is 0 Å². The Morgan fingerprint density at radius 3 is 2.29 bits per heavy atom. The number of esters is 2. The van der Waals surface area contributed by atoms with E-state index < -0.39 is 11.9 Å². The molecule has 0 aliphatic carbocycles. The number of nitrogen functional groups attached to an aromatic ring is 2. The Balaban J connectivity index is 1.47. The lowest BCUT2D eigenvalue weighted by atomic mass is 10.1.